The molecule has 1 amide bonds. The summed E-state index contributed by atoms with van der Waals surface area (Å²) >= 11 is 0. The quantitative estimate of drug-likeness (QED) is 0.587. The molecule has 0 aliphatic heterocycles. The van der Waals surface area contributed by atoms with Crippen molar-refractivity contribution in [2.75, 3.05) is 13.1 Å². The maximum Gasteiger partial charge on any atom is 0.247 e. The minimum atomic E-state index is -3.47. The van der Waals surface area contributed by atoms with Crippen LogP contribution in [0.25, 0.3) is 6.08 Å². The molecule has 0 unspecified atom stereocenters. The molecule has 1 saturated carbocycles. The van der Waals surface area contributed by atoms with Gasteiger partial charge < -0.3 is 4.90 Å². The number of rotatable bonds is 9. The summed E-state index contributed by atoms with van der Waals surface area (Å²) < 4.78 is 26.6. The van der Waals surface area contributed by atoms with Gasteiger partial charge >= 0.3 is 0 Å². The Morgan fingerprint density at radius 3 is 2.17 bits per heavy atom. The van der Waals surface area contributed by atoms with Crippen molar-refractivity contribution in [3.8, 4) is 0 Å². The zero-order valence-corrected chi connectivity index (χ0v) is 17.8. The smallest absolute Gasteiger partial charge is 0.247 e. The van der Waals surface area contributed by atoms with E-state index in [-0.39, 0.29) is 10.8 Å². The van der Waals surface area contributed by atoms with E-state index in [0.717, 1.165) is 24.0 Å². The topological polar surface area (TPSA) is 57.7 Å². The lowest BCUT2D eigenvalue weighted by Gasteiger charge is -2.21. The van der Waals surface area contributed by atoms with Gasteiger partial charge in [-0.2, -0.15) is 4.31 Å². The predicted molar refractivity (Wildman–Crippen MR) is 116 cm³/mol. The number of carbonyl (C=O) groups is 1. The highest BCUT2D eigenvalue weighted by atomic mass is 32.2. The first kappa shape index (κ1) is 21.3. The average molecular weight is 413 g/mol. The van der Waals surface area contributed by atoms with Gasteiger partial charge in [0.2, 0.25) is 15.9 Å². The van der Waals surface area contributed by atoms with E-state index in [4.69, 9.17) is 0 Å². The van der Waals surface area contributed by atoms with Gasteiger partial charge in [0.15, 0.2) is 0 Å². The molecular formula is C23H28N2O3S. The van der Waals surface area contributed by atoms with Crippen molar-refractivity contribution in [3.63, 3.8) is 0 Å². The first-order valence-corrected chi connectivity index (χ1v) is 11.5. The van der Waals surface area contributed by atoms with Gasteiger partial charge in [-0.25, -0.2) is 8.42 Å². The number of hydrogen-bond acceptors (Lipinski definition) is 3. The lowest BCUT2D eigenvalue weighted by atomic mass is 10.2. The zero-order valence-electron chi connectivity index (χ0n) is 17.0. The van der Waals surface area contributed by atoms with Gasteiger partial charge in [-0.1, -0.05) is 56.3 Å². The molecule has 1 fully saturated rings. The number of carbonyl (C=O) groups excluding carboxylic acids is 1. The molecule has 0 heterocycles. The Morgan fingerprint density at radius 1 is 1.00 bits per heavy atom. The number of nitrogens with zero attached hydrogens (tertiary/aromatic N) is 2. The summed E-state index contributed by atoms with van der Waals surface area (Å²) in [6.45, 7) is 5.13. The summed E-state index contributed by atoms with van der Waals surface area (Å²) in [6.07, 6.45) is 5.42. The number of benzene rings is 2. The van der Waals surface area contributed by atoms with Gasteiger partial charge in [0.05, 0.1) is 4.90 Å². The van der Waals surface area contributed by atoms with E-state index >= 15 is 0 Å². The van der Waals surface area contributed by atoms with Crippen molar-refractivity contribution < 1.29 is 13.2 Å². The summed E-state index contributed by atoms with van der Waals surface area (Å²) in [5.74, 6) is -0.0174. The van der Waals surface area contributed by atoms with E-state index in [1.54, 1.807) is 36.4 Å². The molecule has 0 atom stereocenters. The maximum absolute atomic E-state index is 12.7. The molecule has 3 rings (SSSR count). The second-order valence-corrected chi connectivity index (χ2v) is 9.11. The van der Waals surface area contributed by atoms with Gasteiger partial charge in [-0.3, -0.25) is 4.79 Å². The Bertz CT molecular complexity index is 945. The SMILES string of the molecule is CCN(CC)S(=O)(=O)c1ccc(/C=C/C(=O)N(Cc2ccccc2)C2CC2)cc1. The monoisotopic (exact) mass is 412 g/mol. The summed E-state index contributed by atoms with van der Waals surface area (Å²) in [5.41, 5.74) is 1.92. The van der Waals surface area contributed by atoms with Gasteiger partial charge in [0.1, 0.15) is 0 Å². The van der Waals surface area contributed by atoms with Crippen LogP contribution in [-0.2, 0) is 21.4 Å². The zero-order chi connectivity index (χ0) is 20.9. The van der Waals surface area contributed by atoms with E-state index in [1.165, 1.54) is 4.31 Å². The molecule has 6 heteroatoms. The van der Waals surface area contributed by atoms with Gasteiger partial charge in [-0.05, 0) is 42.2 Å². The molecule has 0 aromatic heterocycles. The number of amides is 1. The minimum Gasteiger partial charge on any atom is -0.332 e. The molecule has 5 nitrogen and oxygen atoms in total. The van der Waals surface area contributed by atoms with Crippen LogP contribution < -0.4 is 0 Å². The molecule has 1 aliphatic carbocycles. The van der Waals surface area contributed by atoms with E-state index in [0.29, 0.717) is 25.7 Å². The molecule has 2 aromatic carbocycles. The second kappa shape index (κ2) is 9.37. The Hall–Kier alpha value is -2.44. The minimum absolute atomic E-state index is 0.0174. The van der Waals surface area contributed by atoms with Crippen LogP contribution in [0.2, 0.25) is 0 Å². The summed E-state index contributed by atoms with van der Waals surface area (Å²) in [7, 11) is -3.47. The fraction of sp³-hybridized carbons (Fsp3) is 0.348. The Kier molecular flexibility index (Phi) is 6.87. The van der Waals surface area contributed by atoms with Crippen LogP contribution >= 0.6 is 0 Å². The van der Waals surface area contributed by atoms with Crippen molar-refractivity contribution in [1.29, 1.82) is 0 Å². The largest absolute Gasteiger partial charge is 0.332 e. The highest BCUT2D eigenvalue weighted by molar-refractivity contribution is 7.89. The summed E-state index contributed by atoms with van der Waals surface area (Å²) in [4.78, 5) is 14.9. The molecule has 29 heavy (non-hydrogen) atoms. The van der Waals surface area contributed by atoms with Crippen molar-refractivity contribution >= 4 is 22.0 Å². The Morgan fingerprint density at radius 2 is 1.62 bits per heavy atom. The fourth-order valence-corrected chi connectivity index (χ4v) is 4.74. The number of sulfonamides is 1. The molecule has 0 spiro atoms. The van der Waals surface area contributed by atoms with Crippen molar-refractivity contribution in [3.05, 3.63) is 71.8 Å². The second-order valence-electron chi connectivity index (χ2n) is 7.17. The number of hydrogen-bond donors (Lipinski definition) is 0. The average Bonchev–Trinajstić information content (AvgIpc) is 3.57. The van der Waals surface area contributed by atoms with Crippen molar-refractivity contribution in [1.82, 2.24) is 9.21 Å². The molecule has 0 N–H and O–H groups in total. The maximum atomic E-state index is 12.7. The van der Waals surface area contributed by atoms with Crippen LogP contribution in [0, 0.1) is 0 Å². The van der Waals surface area contributed by atoms with Crippen LogP contribution in [0.15, 0.2) is 65.6 Å². The van der Waals surface area contributed by atoms with Crippen LogP contribution in [0.3, 0.4) is 0 Å². The highest BCUT2D eigenvalue weighted by Crippen LogP contribution is 2.28. The first-order chi connectivity index (χ1) is 14.0. The normalized spacial score (nSPS) is 14.4. The van der Waals surface area contributed by atoms with Crippen LogP contribution in [0.4, 0.5) is 0 Å². The van der Waals surface area contributed by atoms with Gasteiger partial charge in [-0.15, -0.1) is 0 Å². The van der Waals surface area contributed by atoms with Crippen LogP contribution in [-0.4, -0.2) is 42.7 Å². The van der Waals surface area contributed by atoms with Crippen molar-refractivity contribution in [2.24, 2.45) is 0 Å². The summed E-state index contributed by atoms with van der Waals surface area (Å²) in [5, 5.41) is 0. The van der Waals surface area contributed by atoms with Crippen molar-refractivity contribution in [2.45, 2.75) is 44.2 Å². The third kappa shape index (κ3) is 5.34. The van der Waals surface area contributed by atoms with E-state index in [1.807, 2.05) is 49.1 Å². The first-order valence-electron chi connectivity index (χ1n) is 10.1. The van der Waals surface area contributed by atoms with E-state index in [9.17, 15) is 13.2 Å². The lowest BCUT2D eigenvalue weighted by molar-refractivity contribution is -0.127. The summed E-state index contributed by atoms with van der Waals surface area (Å²) in [6, 6.07) is 17.0. The van der Waals surface area contributed by atoms with Gasteiger partial charge in [0, 0.05) is 31.8 Å². The van der Waals surface area contributed by atoms with Gasteiger partial charge in [0.25, 0.3) is 0 Å². The van der Waals surface area contributed by atoms with E-state index < -0.39 is 10.0 Å². The highest BCUT2D eigenvalue weighted by Gasteiger charge is 2.31. The molecular weight excluding hydrogens is 384 g/mol. The molecule has 0 bridgehead atoms. The van der Waals surface area contributed by atoms with Crippen LogP contribution in [0.5, 0.6) is 0 Å². The molecule has 1 aliphatic rings. The van der Waals surface area contributed by atoms with E-state index in [2.05, 4.69) is 0 Å². The molecule has 0 radical (unpaired) electrons. The standard InChI is InChI=1S/C23H28N2O3S/c1-3-24(4-2)29(27,28)22-15-10-19(11-16-22)12-17-23(26)25(21-13-14-21)18-20-8-6-5-7-9-20/h5-12,15-17,21H,3-4,13-14,18H2,1-2H3/b17-12+. The third-order valence-electron chi connectivity index (χ3n) is 5.11. The lowest BCUT2D eigenvalue weighted by Crippen LogP contribution is -2.31. The molecule has 2 aromatic rings. The molecule has 154 valence electrons. The van der Waals surface area contributed by atoms with Crippen LogP contribution in [0.1, 0.15) is 37.8 Å². The third-order valence-corrected chi connectivity index (χ3v) is 7.17. The predicted octanol–water partition coefficient (Wildman–Crippen LogP) is 3.92. The Labute approximate surface area is 173 Å². The Balaban J connectivity index is 1.69. The molecule has 0 saturated heterocycles. The fourth-order valence-electron chi connectivity index (χ4n) is 3.28.